The van der Waals surface area contributed by atoms with Crippen molar-refractivity contribution < 1.29 is 0 Å². The Bertz CT molecular complexity index is 1000. The highest BCUT2D eigenvalue weighted by atomic mass is 15.2. The molecule has 2 aliphatic carbocycles. The Balaban J connectivity index is 1.74. The molecule has 0 amide bonds. The molecular weight excluding hydrogens is 350 g/mol. The summed E-state index contributed by atoms with van der Waals surface area (Å²) in [6, 6.07) is 9.09. The fourth-order valence-corrected chi connectivity index (χ4v) is 4.42. The molecule has 0 saturated carbocycles. The highest BCUT2D eigenvalue weighted by Gasteiger charge is 2.27. The van der Waals surface area contributed by atoms with Crippen molar-refractivity contribution in [3.63, 3.8) is 0 Å². The fourth-order valence-electron chi connectivity index (χ4n) is 4.42. The van der Waals surface area contributed by atoms with Crippen LogP contribution in [0.2, 0.25) is 0 Å². The summed E-state index contributed by atoms with van der Waals surface area (Å²) in [5.74, 6) is 0.405. The number of allylic oxidation sites excluding steroid dienone is 9. The quantitative estimate of drug-likeness (QED) is 0.526. The summed E-state index contributed by atoms with van der Waals surface area (Å²) in [6.07, 6.45) is 26.4. The van der Waals surface area contributed by atoms with E-state index in [9.17, 15) is 0 Å². The molecule has 4 rings (SSSR count). The average Bonchev–Trinajstić information content (AvgIpc) is 3.03. The molecule has 1 aromatic rings. The van der Waals surface area contributed by atoms with Crippen LogP contribution in [0, 0.1) is 5.92 Å². The lowest BCUT2D eigenvalue weighted by Gasteiger charge is -2.37. The normalized spacial score (nSPS) is 26.0. The third kappa shape index (κ3) is 4.36. The van der Waals surface area contributed by atoms with Crippen LogP contribution in [0.15, 0.2) is 108 Å². The van der Waals surface area contributed by atoms with E-state index in [2.05, 4.69) is 110 Å². The zero-order valence-corrected chi connectivity index (χ0v) is 17.4. The molecule has 3 aliphatic rings. The Morgan fingerprint density at radius 3 is 2.79 bits per heavy atom. The molecule has 1 nitrogen and oxygen atoms in total. The summed E-state index contributed by atoms with van der Waals surface area (Å²) >= 11 is 0. The van der Waals surface area contributed by atoms with E-state index in [-0.39, 0.29) is 0 Å². The Morgan fingerprint density at radius 1 is 1.00 bits per heavy atom. The van der Waals surface area contributed by atoms with Gasteiger partial charge in [-0.1, -0.05) is 72.9 Å². The van der Waals surface area contributed by atoms with Crippen LogP contribution < -0.4 is 0 Å². The predicted molar refractivity (Wildman–Crippen MR) is 124 cm³/mol. The lowest BCUT2D eigenvalue weighted by atomic mass is 9.84. The van der Waals surface area contributed by atoms with Gasteiger partial charge in [-0.05, 0) is 67.2 Å². The Labute approximate surface area is 175 Å². The first-order valence-electron chi connectivity index (χ1n) is 10.6. The van der Waals surface area contributed by atoms with Crippen LogP contribution >= 0.6 is 0 Å². The first kappa shape index (κ1) is 19.3. The first-order valence-corrected chi connectivity index (χ1v) is 10.6. The monoisotopic (exact) mass is 379 g/mol. The van der Waals surface area contributed by atoms with Gasteiger partial charge in [0.1, 0.15) is 0 Å². The van der Waals surface area contributed by atoms with Crippen LogP contribution in [-0.4, -0.2) is 17.5 Å². The maximum Gasteiger partial charge on any atom is 0.0374 e. The molecule has 0 aromatic heterocycles. The fraction of sp³-hybridized carbons (Fsp3) is 0.250. The van der Waals surface area contributed by atoms with Crippen molar-refractivity contribution in [3.8, 4) is 0 Å². The van der Waals surface area contributed by atoms with Gasteiger partial charge in [0, 0.05) is 24.2 Å². The van der Waals surface area contributed by atoms with Gasteiger partial charge >= 0.3 is 0 Å². The summed E-state index contributed by atoms with van der Waals surface area (Å²) in [5.41, 5.74) is 10.1. The second-order valence-electron chi connectivity index (χ2n) is 7.91. The average molecular weight is 380 g/mol. The van der Waals surface area contributed by atoms with Crippen molar-refractivity contribution in [1.29, 1.82) is 0 Å². The van der Waals surface area contributed by atoms with Gasteiger partial charge in [0.15, 0.2) is 0 Å². The lowest BCUT2D eigenvalue weighted by Crippen LogP contribution is -2.38. The molecular formula is C28H29N. The minimum Gasteiger partial charge on any atom is -0.364 e. The van der Waals surface area contributed by atoms with Crippen molar-refractivity contribution in [2.75, 3.05) is 6.54 Å². The van der Waals surface area contributed by atoms with E-state index >= 15 is 0 Å². The molecule has 0 bridgehead atoms. The van der Waals surface area contributed by atoms with E-state index in [1.54, 1.807) is 0 Å². The van der Waals surface area contributed by atoms with E-state index < -0.39 is 0 Å². The minimum atomic E-state index is 0.359. The van der Waals surface area contributed by atoms with Gasteiger partial charge in [0.25, 0.3) is 0 Å². The maximum absolute atomic E-state index is 3.43. The summed E-state index contributed by atoms with van der Waals surface area (Å²) < 4.78 is 0. The molecule has 0 spiro atoms. The highest BCUT2D eigenvalue weighted by Crippen LogP contribution is 2.33. The molecule has 2 atom stereocenters. The second-order valence-corrected chi connectivity index (χ2v) is 7.91. The Morgan fingerprint density at radius 2 is 1.86 bits per heavy atom. The van der Waals surface area contributed by atoms with Crippen molar-refractivity contribution in [1.82, 2.24) is 4.90 Å². The second kappa shape index (κ2) is 8.99. The molecule has 0 fully saturated rings. The van der Waals surface area contributed by atoms with Crippen LogP contribution in [0.1, 0.15) is 31.4 Å². The smallest absolute Gasteiger partial charge is 0.0374 e. The zero-order chi connectivity index (χ0) is 20.1. The Hall–Kier alpha value is -3.02. The van der Waals surface area contributed by atoms with Crippen LogP contribution in [0.25, 0.3) is 6.08 Å². The number of nitrogens with zero attached hydrogens (tertiary/aromatic N) is 1. The molecule has 0 saturated heterocycles. The maximum atomic E-state index is 3.43. The van der Waals surface area contributed by atoms with Gasteiger partial charge in [-0.3, -0.25) is 0 Å². The van der Waals surface area contributed by atoms with Gasteiger partial charge in [0.2, 0.25) is 0 Å². The molecule has 0 N–H and O–H groups in total. The standard InChI is InChI=1S/C28H29N/c1-22-13-6-5-8-18-27(22)28-19-7-3-4-11-20-29(23(28)2)26-17-12-16-24-14-9-10-15-25(24)21-26/h3-12,14-15,17-18,21,23,28H,16,19-20H2,1-2H3/b7-3-,11-4-. The molecule has 146 valence electrons. The van der Waals surface area contributed by atoms with Gasteiger partial charge in [-0.2, -0.15) is 0 Å². The predicted octanol–water partition coefficient (Wildman–Crippen LogP) is 6.56. The first-order chi connectivity index (χ1) is 14.2. The van der Waals surface area contributed by atoms with E-state index in [0.29, 0.717) is 12.0 Å². The van der Waals surface area contributed by atoms with Crippen molar-refractivity contribution in [3.05, 3.63) is 119 Å². The van der Waals surface area contributed by atoms with Crippen molar-refractivity contribution in [2.45, 2.75) is 32.7 Å². The minimum absolute atomic E-state index is 0.359. The van der Waals surface area contributed by atoms with E-state index in [1.807, 2.05) is 6.08 Å². The van der Waals surface area contributed by atoms with E-state index in [0.717, 1.165) is 19.4 Å². The third-order valence-corrected chi connectivity index (χ3v) is 6.08. The topological polar surface area (TPSA) is 3.24 Å². The number of hydrogen-bond acceptors (Lipinski definition) is 1. The molecule has 1 heterocycles. The number of benzene rings is 1. The van der Waals surface area contributed by atoms with Gasteiger partial charge in [-0.25, -0.2) is 0 Å². The van der Waals surface area contributed by atoms with Gasteiger partial charge in [-0.15, -0.1) is 5.73 Å². The lowest BCUT2D eigenvalue weighted by molar-refractivity contribution is 0.246. The molecule has 1 aromatic carbocycles. The van der Waals surface area contributed by atoms with Gasteiger partial charge in [0.05, 0.1) is 0 Å². The van der Waals surface area contributed by atoms with Crippen LogP contribution in [0.4, 0.5) is 0 Å². The molecule has 29 heavy (non-hydrogen) atoms. The van der Waals surface area contributed by atoms with Gasteiger partial charge < -0.3 is 4.90 Å². The Kier molecular flexibility index (Phi) is 5.98. The molecule has 0 radical (unpaired) electrons. The van der Waals surface area contributed by atoms with Crippen LogP contribution in [-0.2, 0) is 6.42 Å². The number of fused-ring (bicyclic) bond motifs is 1. The van der Waals surface area contributed by atoms with Crippen LogP contribution in [0.3, 0.4) is 0 Å². The molecule has 1 heteroatoms. The molecule has 2 unspecified atom stereocenters. The van der Waals surface area contributed by atoms with Crippen molar-refractivity contribution in [2.24, 2.45) is 5.92 Å². The summed E-state index contributed by atoms with van der Waals surface area (Å²) in [6.45, 7) is 5.46. The largest absolute Gasteiger partial charge is 0.364 e. The number of hydrogen-bond donors (Lipinski definition) is 0. The third-order valence-electron chi connectivity index (χ3n) is 6.08. The zero-order valence-electron chi connectivity index (χ0n) is 17.4. The van der Waals surface area contributed by atoms with E-state index in [4.69, 9.17) is 0 Å². The SMILES string of the molecule is CC1=C=CC=CC=C1C1C/C=C\C=C/CN(C2=Cc3ccccc3CC=C2)C1C. The van der Waals surface area contributed by atoms with Crippen molar-refractivity contribution >= 4 is 6.08 Å². The summed E-state index contributed by atoms with van der Waals surface area (Å²) in [5, 5.41) is 0. The highest BCUT2D eigenvalue weighted by molar-refractivity contribution is 5.61. The number of rotatable bonds is 2. The summed E-state index contributed by atoms with van der Waals surface area (Å²) in [7, 11) is 0. The van der Waals surface area contributed by atoms with E-state index in [1.165, 1.54) is 28.0 Å². The summed E-state index contributed by atoms with van der Waals surface area (Å²) in [4.78, 5) is 2.55. The molecule has 1 aliphatic heterocycles. The van der Waals surface area contributed by atoms with Crippen LogP contribution in [0.5, 0.6) is 0 Å².